The van der Waals surface area contributed by atoms with E-state index in [1.165, 1.54) is 4.57 Å². The summed E-state index contributed by atoms with van der Waals surface area (Å²) in [6, 6.07) is 21.8. The molecule has 166 valence electrons. The smallest absolute Gasteiger partial charge is 0.266 e. The quantitative estimate of drug-likeness (QED) is 0.168. The third-order valence-corrected chi connectivity index (χ3v) is 6.09. The van der Waals surface area contributed by atoms with Crippen LogP contribution in [0.4, 0.5) is 0 Å². The zero-order chi connectivity index (χ0) is 23.2. The molecular formula is C24H19BrN4O3S. The highest BCUT2D eigenvalue weighted by Gasteiger charge is 2.15. The fraction of sp³-hybridized carbons (Fsp3) is 0.0833. The highest BCUT2D eigenvalue weighted by molar-refractivity contribution is 9.10. The number of nitrogens with zero attached hydrogens (tertiary/aromatic N) is 3. The molecule has 7 nitrogen and oxygen atoms in total. The van der Waals surface area contributed by atoms with E-state index in [1.54, 1.807) is 55.8 Å². The molecule has 4 rings (SSSR count). The summed E-state index contributed by atoms with van der Waals surface area (Å²) in [6.07, 6.45) is 1.56. The first-order valence-corrected chi connectivity index (χ1v) is 11.7. The van der Waals surface area contributed by atoms with Gasteiger partial charge in [-0.3, -0.25) is 14.2 Å². The topological polar surface area (TPSA) is 85.6 Å². The Bertz CT molecular complexity index is 1390. The average Bonchev–Trinajstić information content (AvgIpc) is 2.83. The van der Waals surface area contributed by atoms with Gasteiger partial charge in [-0.2, -0.15) is 5.10 Å². The number of thioether (sulfide) groups is 1. The van der Waals surface area contributed by atoms with Gasteiger partial charge in [-0.15, -0.1) is 0 Å². The van der Waals surface area contributed by atoms with Gasteiger partial charge < -0.3 is 4.74 Å². The van der Waals surface area contributed by atoms with Gasteiger partial charge in [-0.1, -0.05) is 52.0 Å². The van der Waals surface area contributed by atoms with E-state index in [4.69, 9.17) is 4.74 Å². The number of carbonyl (C=O) groups excluding carboxylic acids is 1. The van der Waals surface area contributed by atoms with Crippen molar-refractivity contribution in [3.63, 3.8) is 0 Å². The fourth-order valence-electron chi connectivity index (χ4n) is 3.10. The normalized spacial score (nSPS) is 11.1. The third-order valence-electron chi connectivity index (χ3n) is 4.66. The molecule has 1 amide bonds. The number of hydrogen-bond donors (Lipinski definition) is 1. The lowest BCUT2D eigenvalue weighted by Gasteiger charge is -2.13. The Hall–Kier alpha value is -3.43. The predicted molar refractivity (Wildman–Crippen MR) is 134 cm³/mol. The second-order valence-electron chi connectivity index (χ2n) is 6.89. The second kappa shape index (κ2) is 10.5. The number of para-hydroxylation sites is 1. The van der Waals surface area contributed by atoms with Crippen molar-refractivity contribution in [1.82, 2.24) is 15.0 Å². The molecule has 0 spiro atoms. The van der Waals surface area contributed by atoms with Crippen molar-refractivity contribution in [2.75, 3.05) is 12.9 Å². The number of nitrogens with one attached hydrogen (secondary N) is 1. The number of carbonyl (C=O) groups is 1. The molecule has 1 heterocycles. The van der Waals surface area contributed by atoms with Gasteiger partial charge in [0.05, 0.1) is 35.7 Å². The molecule has 0 aliphatic carbocycles. The van der Waals surface area contributed by atoms with E-state index in [9.17, 15) is 9.59 Å². The summed E-state index contributed by atoms with van der Waals surface area (Å²) >= 11 is 4.56. The van der Waals surface area contributed by atoms with Crippen LogP contribution in [0.15, 0.2) is 92.3 Å². The Labute approximate surface area is 202 Å². The van der Waals surface area contributed by atoms with E-state index < -0.39 is 0 Å². The summed E-state index contributed by atoms with van der Waals surface area (Å²) in [5.41, 5.74) is 4.36. The molecule has 0 aliphatic heterocycles. The molecule has 0 fully saturated rings. The standard InChI is InChI=1S/C24H19BrN4O3S/c1-32-19-11-9-18(10-12-19)29-23(31)20-7-2-3-8-21(20)27-24(29)33-15-22(30)28-26-14-16-5-4-6-17(25)13-16/h2-14H,15H2,1H3,(H,28,30)/b26-14-. The van der Waals surface area contributed by atoms with Gasteiger partial charge in [0.25, 0.3) is 11.5 Å². The third kappa shape index (κ3) is 5.50. The van der Waals surface area contributed by atoms with Gasteiger partial charge in [-0.05, 0) is 54.1 Å². The molecule has 4 aromatic rings. The molecule has 0 atom stereocenters. The lowest BCUT2D eigenvalue weighted by Crippen LogP contribution is -2.24. The highest BCUT2D eigenvalue weighted by Crippen LogP contribution is 2.22. The number of hydrazone groups is 1. The number of amides is 1. The predicted octanol–water partition coefficient (Wildman–Crippen LogP) is 4.40. The number of methoxy groups -OCH3 is 1. The molecule has 1 aromatic heterocycles. The zero-order valence-electron chi connectivity index (χ0n) is 17.6. The van der Waals surface area contributed by atoms with Gasteiger partial charge in [0.15, 0.2) is 5.16 Å². The lowest BCUT2D eigenvalue weighted by molar-refractivity contribution is -0.118. The number of benzene rings is 3. The monoisotopic (exact) mass is 522 g/mol. The molecule has 0 radical (unpaired) electrons. The Morgan fingerprint density at radius 1 is 1.15 bits per heavy atom. The first kappa shape index (κ1) is 22.8. The molecule has 0 aliphatic rings. The lowest BCUT2D eigenvalue weighted by atomic mass is 10.2. The van der Waals surface area contributed by atoms with Crippen LogP contribution in [-0.4, -0.2) is 34.5 Å². The summed E-state index contributed by atoms with van der Waals surface area (Å²) in [7, 11) is 1.58. The van der Waals surface area contributed by atoms with Gasteiger partial charge in [0.1, 0.15) is 5.75 Å². The van der Waals surface area contributed by atoms with Crippen molar-refractivity contribution in [3.05, 3.63) is 93.2 Å². The van der Waals surface area contributed by atoms with Crippen LogP contribution in [0, 0.1) is 0 Å². The van der Waals surface area contributed by atoms with E-state index in [2.05, 4.69) is 31.4 Å². The number of fused-ring (bicyclic) bond motifs is 1. The largest absolute Gasteiger partial charge is 0.497 e. The maximum absolute atomic E-state index is 13.3. The minimum Gasteiger partial charge on any atom is -0.497 e. The van der Waals surface area contributed by atoms with Gasteiger partial charge in [0.2, 0.25) is 0 Å². The zero-order valence-corrected chi connectivity index (χ0v) is 20.0. The van der Waals surface area contributed by atoms with E-state index in [0.717, 1.165) is 21.8 Å². The number of hydrogen-bond acceptors (Lipinski definition) is 6. The Balaban J connectivity index is 1.57. The maximum atomic E-state index is 13.3. The average molecular weight is 523 g/mol. The summed E-state index contributed by atoms with van der Waals surface area (Å²) in [5.74, 6) is 0.406. The Morgan fingerprint density at radius 3 is 2.70 bits per heavy atom. The van der Waals surface area contributed by atoms with Crippen LogP contribution < -0.4 is 15.7 Å². The summed E-state index contributed by atoms with van der Waals surface area (Å²) in [5, 5.41) is 4.91. The van der Waals surface area contributed by atoms with Crippen molar-refractivity contribution in [1.29, 1.82) is 0 Å². The fourth-order valence-corrected chi connectivity index (χ4v) is 4.32. The minimum atomic E-state index is -0.310. The highest BCUT2D eigenvalue weighted by atomic mass is 79.9. The molecule has 0 saturated heterocycles. The molecular weight excluding hydrogens is 504 g/mol. The van der Waals surface area contributed by atoms with Crippen molar-refractivity contribution >= 4 is 50.7 Å². The van der Waals surface area contributed by atoms with Crippen LogP contribution in [0.2, 0.25) is 0 Å². The molecule has 9 heteroatoms. The van der Waals surface area contributed by atoms with E-state index in [0.29, 0.717) is 27.5 Å². The summed E-state index contributed by atoms with van der Waals surface area (Å²) in [4.78, 5) is 30.3. The number of aromatic nitrogens is 2. The van der Waals surface area contributed by atoms with Gasteiger partial charge in [0, 0.05) is 4.47 Å². The second-order valence-corrected chi connectivity index (χ2v) is 8.75. The minimum absolute atomic E-state index is 0.0385. The van der Waals surface area contributed by atoms with Crippen molar-refractivity contribution < 1.29 is 9.53 Å². The van der Waals surface area contributed by atoms with E-state index >= 15 is 0 Å². The number of ether oxygens (including phenoxy) is 1. The van der Waals surface area contributed by atoms with Crippen LogP contribution >= 0.6 is 27.7 Å². The van der Waals surface area contributed by atoms with Crippen LogP contribution in [0.3, 0.4) is 0 Å². The molecule has 0 saturated carbocycles. The Kier molecular flexibility index (Phi) is 7.21. The Morgan fingerprint density at radius 2 is 1.94 bits per heavy atom. The van der Waals surface area contributed by atoms with Crippen molar-refractivity contribution in [2.45, 2.75) is 5.16 Å². The summed E-state index contributed by atoms with van der Waals surface area (Å²) < 4.78 is 7.64. The SMILES string of the molecule is COc1ccc(-n2c(SCC(=O)N/N=C\c3cccc(Br)c3)nc3ccccc3c2=O)cc1. The number of rotatable bonds is 7. The van der Waals surface area contributed by atoms with Crippen LogP contribution in [0.1, 0.15) is 5.56 Å². The first-order chi connectivity index (χ1) is 16.0. The number of halogens is 1. The molecule has 0 unspecified atom stereocenters. The van der Waals surface area contributed by atoms with Gasteiger partial charge >= 0.3 is 0 Å². The first-order valence-electron chi connectivity index (χ1n) is 9.91. The van der Waals surface area contributed by atoms with E-state index in [1.807, 2.05) is 30.3 Å². The van der Waals surface area contributed by atoms with Crippen molar-refractivity contribution in [3.8, 4) is 11.4 Å². The summed E-state index contributed by atoms with van der Waals surface area (Å²) in [6.45, 7) is 0. The van der Waals surface area contributed by atoms with Crippen LogP contribution in [-0.2, 0) is 4.79 Å². The maximum Gasteiger partial charge on any atom is 0.266 e. The van der Waals surface area contributed by atoms with Crippen LogP contribution in [0.25, 0.3) is 16.6 Å². The molecule has 0 bridgehead atoms. The van der Waals surface area contributed by atoms with Crippen molar-refractivity contribution in [2.24, 2.45) is 5.10 Å². The van der Waals surface area contributed by atoms with Gasteiger partial charge in [-0.25, -0.2) is 10.4 Å². The molecule has 3 aromatic carbocycles. The van der Waals surface area contributed by atoms with Crippen LogP contribution in [0.5, 0.6) is 5.75 Å². The van der Waals surface area contributed by atoms with E-state index in [-0.39, 0.29) is 17.2 Å². The molecule has 33 heavy (non-hydrogen) atoms. The molecule has 1 N–H and O–H groups in total.